The van der Waals surface area contributed by atoms with Crippen molar-refractivity contribution < 1.29 is 4.74 Å². The highest BCUT2D eigenvalue weighted by atomic mass is 35.5. The summed E-state index contributed by atoms with van der Waals surface area (Å²) in [6.07, 6.45) is 0.855. The summed E-state index contributed by atoms with van der Waals surface area (Å²) in [5.41, 5.74) is 7.90. The van der Waals surface area contributed by atoms with Crippen molar-refractivity contribution in [2.75, 3.05) is 31.1 Å². The minimum atomic E-state index is -0.128. The molecule has 0 radical (unpaired) electrons. The lowest BCUT2D eigenvalue weighted by molar-refractivity contribution is -0.0277. The van der Waals surface area contributed by atoms with Gasteiger partial charge in [-0.2, -0.15) is 0 Å². The van der Waals surface area contributed by atoms with Crippen LogP contribution in [0.1, 0.15) is 19.4 Å². The lowest BCUT2D eigenvalue weighted by Crippen LogP contribution is -2.48. The molecule has 3 nitrogen and oxygen atoms in total. The van der Waals surface area contributed by atoms with Gasteiger partial charge < -0.3 is 15.4 Å². The zero-order valence-corrected chi connectivity index (χ0v) is 11.8. The van der Waals surface area contributed by atoms with E-state index in [1.54, 1.807) is 0 Å². The van der Waals surface area contributed by atoms with Gasteiger partial charge in [0.1, 0.15) is 0 Å². The highest BCUT2D eigenvalue weighted by Crippen LogP contribution is 2.33. The molecule has 1 aliphatic rings. The van der Waals surface area contributed by atoms with Gasteiger partial charge in [-0.3, -0.25) is 0 Å². The van der Waals surface area contributed by atoms with Gasteiger partial charge in [-0.05, 0) is 38.4 Å². The Morgan fingerprint density at radius 3 is 2.89 bits per heavy atom. The maximum absolute atomic E-state index is 6.37. The van der Waals surface area contributed by atoms with Crippen molar-refractivity contribution in [2.45, 2.75) is 25.9 Å². The topological polar surface area (TPSA) is 38.5 Å². The van der Waals surface area contributed by atoms with Gasteiger partial charge in [-0.25, -0.2) is 0 Å². The number of halogens is 1. The molecule has 1 heterocycles. The Morgan fingerprint density at radius 1 is 1.44 bits per heavy atom. The Morgan fingerprint density at radius 2 is 2.22 bits per heavy atom. The number of ether oxygens (including phenoxy) is 1. The Hall–Kier alpha value is -0.770. The number of benzene rings is 1. The van der Waals surface area contributed by atoms with Crippen molar-refractivity contribution in [3.8, 4) is 0 Å². The molecule has 1 saturated heterocycles. The Labute approximate surface area is 114 Å². The Balaban J connectivity index is 2.31. The number of hydrogen-bond acceptors (Lipinski definition) is 3. The van der Waals surface area contributed by atoms with Gasteiger partial charge >= 0.3 is 0 Å². The van der Waals surface area contributed by atoms with E-state index < -0.39 is 0 Å². The third kappa shape index (κ3) is 2.97. The molecule has 100 valence electrons. The summed E-state index contributed by atoms with van der Waals surface area (Å²) >= 11 is 6.37. The first kappa shape index (κ1) is 13.7. The van der Waals surface area contributed by atoms with E-state index in [0.29, 0.717) is 6.54 Å². The summed E-state index contributed by atoms with van der Waals surface area (Å²) in [7, 11) is 0. The van der Waals surface area contributed by atoms with Crippen LogP contribution in [-0.4, -0.2) is 31.8 Å². The molecule has 1 aromatic carbocycles. The van der Waals surface area contributed by atoms with Crippen LogP contribution in [0.4, 0.5) is 5.69 Å². The first-order valence-electron chi connectivity index (χ1n) is 6.40. The lowest BCUT2D eigenvalue weighted by Gasteiger charge is -2.40. The quantitative estimate of drug-likeness (QED) is 0.915. The third-order valence-corrected chi connectivity index (χ3v) is 3.53. The molecule has 0 amide bonds. The third-order valence-electron chi connectivity index (χ3n) is 3.23. The number of nitrogens with zero attached hydrogens (tertiary/aromatic N) is 1. The number of nitrogens with two attached hydrogens (primary N) is 1. The molecule has 0 atom stereocenters. The smallest absolute Gasteiger partial charge is 0.0801 e. The van der Waals surface area contributed by atoms with E-state index in [1.807, 2.05) is 12.1 Å². The summed E-state index contributed by atoms with van der Waals surface area (Å²) < 4.78 is 5.75. The van der Waals surface area contributed by atoms with Gasteiger partial charge in [0.2, 0.25) is 0 Å². The molecule has 0 bridgehead atoms. The number of anilines is 1. The molecule has 0 aromatic heterocycles. The maximum Gasteiger partial charge on any atom is 0.0801 e. The fourth-order valence-corrected chi connectivity index (χ4v) is 2.79. The number of morpholine rings is 1. The molecule has 0 aliphatic carbocycles. The zero-order chi connectivity index (χ0) is 13.2. The van der Waals surface area contributed by atoms with E-state index in [-0.39, 0.29) is 5.60 Å². The molecule has 0 saturated carbocycles. The molecule has 1 fully saturated rings. The van der Waals surface area contributed by atoms with Crippen molar-refractivity contribution in [3.05, 3.63) is 28.8 Å². The molecule has 4 heteroatoms. The van der Waals surface area contributed by atoms with Crippen LogP contribution in [0.2, 0.25) is 5.02 Å². The van der Waals surface area contributed by atoms with Crippen molar-refractivity contribution in [2.24, 2.45) is 5.73 Å². The second-order valence-electron chi connectivity index (χ2n) is 5.32. The zero-order valence-electron chi connectivity index (χ0n) is 11.1. The van der Waals surface area contributed by atoms with E-state index in [1.165, 1.54) is 5.56 Å². The van der Waals surface area contributed by atoms with Crippen LogP contribution in [0, 0.1) is 0 Å². The van der Waals surface area contributed by atoms with Crippen LogP contribution in [-0.2, 0) is 11.2 Å². The molecular formula is C14H21ClN2O. The minimum Gasteiger partial charge on any atom is -0.372 e. The van der Waals surface area contributed by atoms with E-state index >= 15 is 0 Å². The Bertz CT molecular complexity index is 420. The standard InChI is InChI=1S/C14H21ClN2O/c1-14(2)10-17(8-9-18-14)13-11(6-7-16)4-3-5-12(13)15/h3-5H,6-10,16H2,1-2H3. The molecular weight excluding hydrogens is 248 g/mol. The molecule has 2 N–H and O–H groups in total. The fraction of sp³-hybridized carbons (Fsp3) is 0.571. The summed E-state index contributed by atoms with van der Waals surface area (Å²) in [6.45, 7) is 7.33. The van der Waals surface area contributed by atoms with Crippen LogP contribution in [0.5, 0.6) is 0 Å². The first-order chi connectivity index (χ1) is 8.53. The fourth-order valence-electron chi connectivity index (χ4n) is 2.48. The molecule has 0 unspecified atom stereocenters. The van der Waals surface area contributed by atoms with E-state index in [2.05, 4.69) is 24.8 Å². The first-order valence-corrected chi connectivity index (χ1v) is 6.78. The summed E-state index contributed by atoms with van der Waals surface area (Å²) in [5.74, 6) is 0. The highest BCUT2D eigenvalue weighted by molar-refractivity contribution is 6.33. The second-order valence-corrected chi connectivity index (χ2v) is 5.72. The van der Waals surface area contributed by atoms with Gasteiger partial charge in [-0.1, -0.05) is 23.7 Å². The van der Waals surface area contributed by atoms with Gasteiger partial charge in [-0.15, -0.1) is 0 Å². The largest absolute Gasteiger partial charge is 0.372 e. The predicted octanol–water partition coefficient (Wildman–Crippen LogP) is 2.46. The van der Waals surface area contributed by atoms with Crippen molar-refractivity contribution >= 4 is 17.3 Å². The summed E-state index contributed by atoms with van der Waals surface area (Å²) in [5, 5.41) is 0.804. The van der Waals surface area contributed by atoms with Gasteiger partial charge in [0.15, 0.2) is 0 Å². The molecule has 2 rings (SSSR count). The number of rotatable bonds is 3. The second kappa shape index (κ2) is 5.47. The highest BCUT2D eigenvalue weighted by Gasteiger charge is 2.29. The average Bonchev–Trinajstić information content (AvgIpc) is 2.28. The number of hydrogen-bond donors (Lipinski definition) is 1. The Kier molecular flexibility index (Phi) is 4.15. The van der Waals surface area contributed by atoms with Crippen LogP contribution in [0.15, 0.2) is 18.2 Å². The molecule has 1 aliphatic heterocycles. The van der Waals surface area contributed by atoms with Crippen molar-refractivity contribution in [3.63, 3.8) is 0 Å². The maximum atomic E-state index is 6.37. The van der Waals surface area contributed by atoms with Crippen LogP contribution < -0.4 is 10.6 Å². The molecule has 1 aromatic rings. The van der Waals surface area contributed by atoms with Gasteiger partial charge in [0, 0.05) is 13.1 Å². The normalized spacial score (nSPS) is 19.0. The van der Waals surface area contributed by atoms with Crippen LogP contribution in [0.25, 0.3) is 0 Å². The van der Waals surface area contributed by atoms with Gasteiger partial charge in [0.05, 0.1) is 22.9 Å². The van der Waals surface area contributed by atoms with E-state index in [0.717, 1.165) is 36.8 Å². The number of para-hydroxylation sites is 1. The van der Waals surface area contributed by atoms with Crippen molar-refractivity contribution in [1.29, 1.82) is 0 Å². The molecule has 0 spiro atoms. The van der Waals surface area contributed by atoms with Crippen LogP contribution >= 0.6 is 11.6 Å². The van der Waals surface area contributed by atoms with E-state index in [9.17, 15) is 0 Å². The predicted molar refractivity (Wildman–Crippen MR) is 76.5 cm³/mol. The average molecular weight is 269 g/mol. The minimum absolute atomic E-state index is 0.128. The lowest BCUT2D eigenvalue weighted by atomic mass is 10.0. The summed E-state index contributed by atoms with van der Waals surface area (Å²) in [4.78, 5) is 2.32. The van der Waals surface area contributed by atoms with Gasteiger partial charge in [0.25, 0.3) is 0 Å². The molecule has 18 heavy (non-hydrogen) atoms. The van der Waals surface area contributed by atoms with Crippen LogP contribution in [0.3, 0.4) is 0 Å². The monoisotopic (exact) mass is 268 g/mol. The SMILES string of the molecule is CC1(C)CN(c2c(Cl)cccc2CCN)CCO1. The summed E-state index contributed by atoms with van der Waals surface area (Å²) in [6, 6.07) is 6.04. The van der Waals surface area contributed by atoms with Crippen molar-refractivity contribution in [1.82, 2.24) is 0 Å². The van der Waals surface area contributed by atoms with E-state index in [4.69, 9.17) is 22.1 Å².